The molecular formula is C15H14ClNO3. The molecule has 1 aliphatic heterocycles. The van der Waals surface area contributed by atoms with Gasteiger partial charge in [0.25, 0.3) is 0 Å². The van der Waals surface area contributed by atoms with Crippen molar-refractivity contribution in [3.63, 3.8) is 0 Å². The van der Waals surface area contributed by atoms with Gasteiger partial charge in [-0.05, 0) is 38.0 Å². The number of pyridine rings is 1. The normalized spacial score (nSPS) is 13.5. The fourth-order valence-corrected chi connectivity index (χ4v) is 2.97. The van der Waals surface area contributed by atoms with E-state index in [0.29, 0.717) is 16.8 Å². The van der Waals surface area contributed by atoms with Crippen LogP contribution in [0, 0.1) is 0 Å². The Morgan fingerprint density at radius 3 is 3.00 bits per heavy atom. The van der Waals surface area contributed by atoms with E-state index in [9.17, 15) is 9.59 Å². The minimum absolute atomic E-state index is 0.180. The van der Waals surface area contributed by atoms with Gasteiger partial charge in [-0.25, -0.2) is 4.79 Å². The summed E-state index contributed by atoms with van der Waals surface area (Å²) in [6, 6.07) is 5.12. The summed E-state index contributed by atoms with van der Waals surface area (Å²) in [6.07, 6.45) is 1.63. The molecule has 104 valence electrons. The van der Waals surface area contributed by atoms with Gasteiger partial charge in [-0.3, -0.25) is 4.79 Å². The van der Waals surface area contributed by atoms with E-state index in [1.165, 1.54) is 0 Å². The summed E-state index contributed by atoms with van der Waals surface area (Å²) in [5, 5.41) is 1.10. The number of nitrogens with zero attached hydrogens (tertiary/aromatic N) is 1. The zero-order valence-corrected chi connectivity index (χ0v) is 11.9. The molecule has 0 atom stereocenters. The van der Waals surface area contributed by atoms with Crippen LogP contribution in [0.5, 0.6) is 0 Å². The highest BCUT2D eigenvalue weighted by Gasteiger charge is 2.25. The van der Waals surface area contributed by atoms with Crippen molar-refractivity contribution in [2.24, 2.45) is 0 Å². The molecule has 0 radical (unpaired) electrons. The molecule has 0 aliphatic carbocycles. The Morgan fingerprint density at radius 1 is 1.45 bits per heavy atom. The lowest BCUT2D eigenvalue weighted by molar-refractivity contribution is 0.0523. The second-order valence-corrected chi connectivity index (χ2v) is 5.22. The first-order chi connectivity index (χ1) is 9.63. The Labute approximate surface area is 120 Å². The van der Waals surface area contributed by atoms with Gasteiger partial charge in [0, 0.05) is 22.6 Å². The van der Waals surface area contributed by atoms with E-state index in [4.69, 9.17) is 16.3 Å². The van der Waals surface area contributed by atoms with Gasteiger partial charge < -0.3 is 9.30 Å². The lowest BCUT2D eigenvalue weighted by Crippen LogP contribution is -2.23. The number of hydrogen-bond acceptors (Lipinski definition) is 3. The monoisotopic (exact) mass is 291 g/mol. The van der Waals surface area contributed by atoms with Crippen molar-refractivity contribution in [2.45, 2.75) is 26.3 Å². The van der Waals surface area contributed by atoms with Crippen LogP contribution >= 0.6 is 11.6 Å². The smallest absolute Gasteiger partial charge is 0.343 e. The number of hydrogen-bond donors (Lipinski definition) is 0. The molecule has 20 heavy (non-hydrogen) atoms. The molecule has 0 fully saturated rings. The van der Waals surface area contributed by atoms with Crippen molar-refractivity contribution < 1.29 is 9.53 Å². The molecule has 0 bridgehead atoms. The molecule has 0 unspecified atom stereocenters. The first kappa shape index (κ1) is 13.2. The molecule has 4 nitrogen and oxygen atoms in total. The van der Waals surface area contributed by atoms with E-state index in [2.05, 4.69) is 0 Å². The number of halogens is 1. The maximum absolute atomic E-state index is 12.6. The number of carbonyl (C=O) groups excluding carboxylic acids is 1. The molecule has 1 aromatic carbocycles. The summed E-state index contributed by atoms with van der Waals surface area (Å²) >= 11 is 6.02. The van der Waals surface area contributed by atoms with Crippen LogP contribution in [0.25, 0.3) is 10.9 Å². The quantitative estimate of drug-likeness (QED) is 0.800. The number of benzene rings is 1. The lowest BCUT2D eigenvalue weighted by atomic mass is 10.1. The van der Waals surface area contributed by atoms with Crippen molar-refractivity contribution in [3.05, 3.63) is 44.7 Å². The van der Waals surface area contributed by atoms with Crippen LogP contribution in [0.2, 0.25) is 5.02 Å². The number of aryl methyl sites for hydroxylation is 1. The van der Waals surface area contributed by atoms with Crippen molar-refractivity contribution in [1.29, 1.82) is 0 Å². The Balaban J connectivity index is 2.37. The molecule has 2 aromatic rings. The third kappa shape index (κ3) is 1.91. The third-order valence-corrected chi connectivity index (χ3v) is 3.85. The molecule has 3 rings (SSSR count). The zero-order chi connectivity index (χ0) is 14.3. The van der Waals surface area contributed by atoms with Gasteiger partial charge in [0.1, 0.15) is 5.56 Å². The fraction of sp³-hybridized carbons (Fsp3) is 0.333. The van der Waals surface area contributed by atoms with E-state index in [1.807, 2.05) is 4.57 Å². The molecule has 0 N–H and O–H groups in total. The highest BCUT2D eigenvalue weighted by molar-refractivity contribution is 6.31. The van der Waals surface area contributed by atoms with Crippen LogP contribution in [0.4, 0.5) is 0 Å². The molecule has 0 amide bonds. The Kier molecular flexibility index (Phi) is 3.26. The Hall–Kier alpha value is -1.81. The van der Waals surface area contributed by atoms with Crippen molar-refractivity contribution in [3.8, 4) is 0 Å². The molecule has 2 heterocycles. The first-order valence-corrected chi connectivity index (χ1v) is 7.03. The summed E-state index contributed by atoms with van der Waals surface area (Å²) in [5.74, 6) is -0.528. The highest BCUT2D eigenvalue weighted by atomic mass is 35.5. The zero-order valence-electron chi connectivity index (χ0n) is 11.1. The standard InChI is InChI=1S/C15H14ClNO3/c1-2-20-15(19)13-11-4-3-7-17(11)12-8-9(16)5-6-10(12)14(13)18/h5-6,8H,2-4,7H2,1H3. The molecule has 5 heteroatoms. The average Bonchev–Trinajstić information content (AvgIpc) is 2.88. The molecule has 0 saturated carbocycles. The van der Waals surface area contributed by atoms with Gasteiger partial charge in [-0.2, -0.15) is 0 Å². The molecule has 0 spiro atoms. The van der Waals surface area contributed by atoms with Gasteiger partial charge in [0.15, 0.2) is 0 Å². The van der Waals surface area contributed by atoms with Crippen LogP contribution in [0.3, 0.4) is 0 Å². The number of aromatic nitrogens is 1. The Morgan fingerprint density at radius 2 is 2.25 bits per heavy atom. The largest absolute Gasteiger partial charge is 0.462 e. The molecule has 1 aromatic heterocycles. The van der Waals surface area contributed by atoms with E-state index >= 15 is 0 Å². The summed E-state index contributed by atoms with van der Waals surface area (Å²) < 4.78 is 7.04. The van der Waals surface area contributed by atoms with Crippen LogP contribution in [0.1, 0.15) is 29.4 Å². The number of rotatable bonds is 2. The van der Waals surface area contributed by atoms with Crippen LogP contribution in [-0.2, 0) is 17.7 Å². The Bertz CT molecular complexity index is 764. The average molecular weight is 292 g/mol. The van der Waals surface area contributed by atoms with Crippen molar-refractivity contribution in [1.82, 2.24) is 4.57 Å². The van der Waals surface area contributed by atoms with E-state index in [0.717, 1.165) is 24.2 Å². The van der Waals surface area contributed by atoms with Gasteiger partial charge in [0.05, 0.1) is 12.1 Å². The number of esters is 1. The molecule has 0 saturated heterocycles. The topological polar surface area (TPSA) is 48.3 Å². The number of fused-ring (bicyclic) bond motifs is 3. The second kappa shape index (κ2) is 4.94. The van der Waals surface area contributed by atoms with Crippen molar-refractivity contribution >= 4 is 28.5 Å². The second-order valence-electron chi connectivity index (χ2n) is 4.79. The van der Waals surface area contributed by atoms with Crippen LogP contribution in [0.15, 0.2) is 23.0 Å². The van der Waals surface area contributed by atoms with Gasteiger partial charge in [-0.15, -0.1) is 0 Å². The summed E-state index contributed by atoms with van der Waals surface area (Å²) in [5.41, 5.74) is 1.48. The minimum Gasteiger partial charge on any atom is -0.462 e. The SMILES string of the molecule is CCOC(=O)c1c2n(c3cc(Cl)ccc3c1=O)CCC2. The third-order valence-electron chi connectivity index (χ3n) is 3.61. The predicted octanol–water partition coefficient (Wildman–Crippen LogP) is 2.78. The van der Waals surface area contributed by atoms with Gasteiger partial charge in [0.2, 0.25) is 5.43 Å². The number of ether oxygens (including phenoxy) is 1. The predicted molar refractivity (Wildman–Crippen MR) is 77.5 cm³/mol. The summed E-state index contributed by atoms with van der Waals surface area (Å²) in [4.78, 5) is 24.6. The lowest BCUT2D eigenvalue weighted by Gasteiger charge is -2.13. The van der Waals surface area contributed by atoms with Crippen LogP contribution in [-0.4, -0.2) is 17.1 Å². The van der Waals surface area contributed by atoms with E-state index in [1.54, 1.807) is 25.1 Å². The maximum atomic E-state index is 12.6. The maximum Gasteiger partial charge on any atom is 0.343 e. The minimum atomic E-state index is -0.528. The van der Waals surface area contributed by atoms with Gasteiger partial charge >= 0.3 is 5.97 Å². The van der Waals surface area contributed by atoms with Crippen molar-refractivity contribution in [2.75, 3.05) is 6.61 Å². The van der Waals surface area contributed by atoms with Gasteiger partial charge in [-0.1, -0.05) is 11.6 Å². The van der Waals surface area contributed by atoms with E-state index in [-0.39, 0.29) is 17.6 Å². The summed E-state index contributed by atoms with van der Waals surface area (Å²) in [6.45, 7) is 2.78. The summed E-state index contributed by atoms with van der Waals surface area (Å²) in [7, 11) is 0. The van der Waals surface area contributed by atoms with E-state index < -0.39 is 5.97 Å². The van der Waals surface area contributed by atoms with Crippen LogP contribution < -0.4 is 5.43 Å². The molecule has 1 aliphatic rings. The highest BCUT2D eigenvalue weighted by Crippen LogP contribution is 2.26. The first-order valence-electron chi connectivity index (χ1n) is 6.65. The fourth-order valence-electron chi connectivity index (χ4n) is 2.80. The number of carbonyl (C=O) groups is 1. The molecular weight excluding hydrogens is 278 g/mol.